The topological polar surface area (TPSA) is 78.4 Å². The van der Waals surface area contributed by atoms with E-state index >= 15 is 0 Å². The molecule has 8 heteroatoms. The van der Waals surface area contributed by atoms with E-state index in [1.54, 1.807) is 5.51 Å². The molecule has 1 amide bonds. The molecule has 3 N–H and O–H groups in total. The molecule has 0 aromatic carbocycles. The number of halogens is 1. The van der Waals surface area contributed by atoms with Crippen LogP contribution in [-0.2, 0) is 0 Å². The lowest BCUT2D eigenvalue weighted by atomic mass is 10.4. The molecule has 0 atom stereocenters. The standard InChI is InChI=1S/C13H19N5OS.HI/c1-4-6-16-13(14-5-2)17-8-7-15-12(19)11-10(3)18-9-20-11;/h1,9H,5-8H2,2-3H3,(H,15,19)(H2,14,16,17);1H. The highest BCUT2D eigenvalue weighted by Crippen LogP contribution is 2.11. The summed E-state index contributed by atoms with van der Waals surface area (Å²) < 4.78 is 0. The maximum Gasteiger partial charge on any atom is 0.263 e. The molecule has 0 aliphatic heterocycles. The van der Waals surface area contributed by atoms with Crippen molar-refractivity contribution in [2.45, 2.75) is 13.8 Å². The number of nitrogens with zero attached hydrogens (tertiary/aromatic N) is 2. The van der Waals surface area contributed by atoms with E-state index in [0.29, 0.717) is 30.5 Å². The fourth-order valence-corrected chi connectivity index (χ4v) is 2.13. The van der Waals surface area contributed by atoms with Gasteiger partial charge in [0.15, 0.2) is 5.96 Å². The number of aliphatic imine (C=N–C) groups is 1. The van der Waals surface area contributed by atoms with Gasteiger partial charge in [-0.05, 0) is 13.8 Å². The zero-order valence-electron chi connectivity index (χ0n) is 12.1. The minimum absolute atomic E-state index is 0. The quantitative estimate of drug-likeness (QED) is 0.211. The van der Waals surface area contributed by atoms with Gasteiger partial charge in [-0.15, -0.1) is 41.7 Å². The van der Waals surface area contributed by atoms with Crippen LogP contribution in [0.2, 0.25) is 0 Å². The minimum Gasteiger partial charge on any atom is -0.357 e. The van der Waals surface area contributed by atoms with Crippen molar-refractivity contribution >= 4 is 47.2 Å². The van der Waals surface area contributed by atoms with Gasteiger partial charge in [-0.2, -0.15) is 0 Å². The first-order chi connectivity index (χ1) is 9.69. The van der Waals surface area contributed by atoms with E-state index in [9.17, 15) is 4.79 Å². The zero-order valence-corrected chi connectivity index (χ0v) is 15.2. The third kappa shape index (κ3) is 7.29. The van der Waals surface area contributed by atoms with Crippen molar-refractivity contribution in [3.8, 4) is 12.3 Å². The van der Waals surface area contributed by atoms with Gasteiger partial charge in [0.25, 0.3) is 5.91 Å². The number of aryl methyl sites for hydroxylation is 1. The summed E-state index contributed by atoms with van der Waals surface area (Å²) in [5.41, 5.74) is 2.41. The van der Waals surface area contributed by atoms with Crippen LogP contribution >= 0.6 is 35.3 Å². The fourth-order valence-electron chi connectivity index (χ4n) is 1.41. The summed E-state index contributed by atoms with van der Waals surface area (Å²) in [4.78, 5) is 20.8. The van der Waals surface area contributed by atoms with Crippen LogP contribution in [0.3, 0.4) is 0 Å². The van der Waals surface area contributed by atoms with Gasteiger partial charge in [-0.3, -0.25) is 9.79 Å². The van der Waals surface area contributed by atoms with Gasteiger partial charge in [0.2, 0.25) is 0 Å². The molecule has 1 heterocycles. The van der Waals surface area contributed by atoms with E-state index in [0.717, 1.165) is 12.2 Å². The van der Waals surface area contributed by atoms with Crippen LogP contribution < -0.4 is 16.0 Å². The molecule has 1 rings (SSSR count). The molecule has 0 aliphatic rings. The highest BCUT2D eigenvalue weighted by atomic mass is 127. The fraction of sp³-hybridized carbons (Fsp3) is 0.462. The van der Waals surface area contributed by atoms with Gasteiger partial charge in [0, 0.05) is 13.1 Å². The summed E-state index contributed by atoms with van der Waals surface area (Å²) in [6.07, 6.45) is 5.18. The molecule has 1 aromatic rings. The van der Waals surface area contributed by atoms with E-state index in [1.165, 1.54) is 11.3 Å². The monoisotopic (exact) mass is 421 g/mol. The Morgan fingerprint density at radius 1 is 1.48 bits per heavy atom. The third-order valence-corrected chi connectivity index (χ3v) is 3.25. The molecule has 0 unspecified atom stereocenters. The Kier molecular flexibility index (Phi) is 10.6. The predicted octanol–water partition coefficient (Wildman–Crippen LogP) is 0.988. The predicted molar refractivity (Wildman–Crippen MR) is 97.4 cm³/mol. The van der Waals surface area contributed by atoms with Gasteiger partial charge in [-0.1, -0.05) is 5.92 Å². The Labute approximate surface area is 146 Å². The normalized spacial score (nSPS) is 10.2. The van der Waals surface area contributed by atoms with Gasteiger partial charge in [-0.25, -0.2) is 4.98 Å². The SMILES string of the molecule is C#CCNC(=NCCNC(=O)c1scnc1C)NCC.I. The molecule has 0 bridgehead atoms. The van der Waals surface area contributed by atoms with E-state index < -0.39 is 0 Å². The molecule has 116 valence electrons. The molecule has 1 aromatic heterocycles. The Morgan fingerprint density at radius 2 is 2.24 bits per heavy atom. The Bertz CT molecular complexity index is 509. The smallest absolute Gasteiger partial charge is 0.263 e. The number of terminal acetylenes is 1. The molecule has 0 saturated heterocycles. The highest BCUT2D eigenvalue weighted by molar-refractivity contribution is 14.0. The number of aromatic nitrogens is 1. The van der Waals surface area contributed by atoms with Gasteiger partial charge in [0.1, 0.15) is 4.88 Å². The summed E-state index contributed by atoms with van der Waals surface area (Å²) in [6.45, 7) is 5.89. The van der Waals surface area contributed by atoms with Crippen molar-refractivity contribution in [3.63, 3.8) is 0 Å². The van der Waals surface area contributed by atoms with Crippen LogP contribution in [0.1, 0.15) is 22.3 Å². The minimum atomic E-state index is -0.109. The summed E-state index contributed by atoms with van der Waals surface area (Å²) in [5.74, 6) is 3.02. The second-order valence-electron chi connectivity index (χ2n) is 3.84. The van der Waals surface area contributed by atoms with E-state index in [-0.39, 0.29) is 29.9 Å². The highest BCUT2D eigenvalue weighted by Gasteiger charge is 2.10. The van der Waals surface area contributed by atoms with Crippen LogP contribution in [0.5, 0.6) is 0 Å². The first kappa shape index (κ1) is 19.7. The van der Waals surface area contributed by atoms with Crippen molar-refractivity contribution in [2.24, 2.45) is 4.99 Å². The largest absolute Gasteiger partial charge is 0.357 e. The first-order valence-corrected chi connectivity index (χ1v) is 7.21. The summed E-state index contributed by atoms with van der Waals surface area (Å²) >= 11 is 1.34. The zero-order chi connectivity index (χ0) is 14.8. The lowest BCUT2D eigenvalue weighted by Gasteiger charge is -2.09. The summed E-state index contributed by atoms with van der Waals surface area (Å²) in [5, 5.41) is 8.85. The van der Waals surface area contributed by atoms with Crippen molar-refractivity contribution in [3.05, 3.63) is 16.1 Å². The Hall–Kier alpha value is -1.34. The first-order valence-electron chi connectivity index (χ1n) is 6.33. The number of nitrogens with one attached hydrogen (secondary N) is 3. The van der Waals surface area contributed by atoms with E-state index in [4.69, 9.17) is 6.42 Å². The van der Waals surface area contributed by atoms with Crippen LogP contribution in [0.25, 0.3) is 0 Å². The molecule has 0 aliphatic carbocycles. The molecule has 6 nitrogen and oxygen atoms in total. The lowest BCUT2D eigenvalue weighted by Crippen LogP contribution is -2.38. The molecule has 21 heavy (non-hydrogen) atoms. The average Bonchev–Trinajstić information content (AvgIpc) is 2.86. The van der Waals surface area contributed by atoms with Crippen molar-refractivity contribution in [2.75, 3.05) is 26.2 Å². The average molecular weight is 421 g/mol. The summed E-state index contributed by atoms with van der Waals surface area (Å²) in [7, 11) is 0. The third-order valence-electron chi connectivity index (χ3n) is 2.32. The van der Waals surface area contributed by atoms with Gasteiger partial charge in [0.05, 0.1) is 24.3 Å². The molecule has 0 saturated carbocycles. The number of carbonyl (C=O) groups is 1. The number of hydrogen-bond donors (Lipinski definition) is 3. The van der Waals surface area contributed by atoms with Gasteiger partial charge >= 0.3 is 0 Å². The van der Waals surface area contributed by atoms with Gasteiger partial charge < -0.3 is 16.0 Å². The maximum absolute atomic E-state index is 11.8. The molecular weight excluding hydrogens is 401 g/mol. The number of guanidine groups is 1. The van der Waals surface area contributed by atoms with Crippen molar-refractivity contribution < 1.29 is 4.79 Å². The summed E-state index contributed by atoms with van der Waals surface area (Å²) in [6, 6.07) is 0. The molecule has 0 spiro atoms. The molecule has 0 fully saturated rings. The number of thiazole rings is 1. The van der Waals surface area contributed by atoms with Crippen LogP contribution in [0, 0.1) is 19.3 Å². The molecule has 0 radical (unpaired) electrons. The Morgan fingerprint density at radius 3 is 2.81 bits per heavy atom. The van der Waals surface area contributed by atoms with E-state index in [2.05, 4.69) is 31.8 Å². The van der Waals surface area contributed by atoms with Crippen molar-refractivity contribution in [1.29, 1.82) is 0 Å². The number of amides is 1. The Balaban J connectivity index is 0.00000400. The second kappa shape index (κ2) is 11.3. The number of rotatable bonds is 6. The van der Waals surface area contributed by atoms with Crippen molar-refractivity contribution in [1.82, 2.24) is 20.9 Å². The van der Waals surface area contributed by atoms with Crippen LogP contribution in [0.4, 0.5) is 0 Å². The van der Waals surface area contributed by atoms with Crippen LogP contribution in [-0.4, -0.2) is 43.0 Å². The van der Waals surface area contributed by atoms with Crippen LogP contribution in [0.15, 0.2) is 10.5 Å². The lowest BCUT2D eigenvalue weighted by molar-refractivity contribution is 0.0958. The van der Waals surface area contributed by atoms with E-state index in [1.807, 2.05) is 13.8 Å². The maximum atomic E-state index is 11.8. The number of carbonyl (C=O) groups excluding carboxylic acids is 1. The second-order valence-corrected chi connectivity index (χ2v) is 4.70. The molecular formula is C13H20IN5OS. The number of hydrogen-bond acceptors (Lipinski definition) is 4.